The normalized spacial score (nSPS) is 10.7. The first kappa shape index (κ1) is 15.4. The fourth-order valence-electron chi connectivity index (χ4n) is 2.16. The molecule has 0 aliphatic heterocycles. The molecule has 1 heterocycles. The molecule has 0 aliphatic rings. The predicted octanol–water partition coefficient (Wildman–Crippen LogP) is 3.89. The van der Waals surface area contributed by atoms with E-state index in [9.17, 15) is 4.79 Å². The van der Waals surface area contributed by atoms with E-state index in [0.717, 1.165) is 16.8 Å². The number of hydrazone groups is 1. The fourth-order valence-corrected chi connectivity index (χ4v) is 2.16. The molecule has 0 bridgehead atoms. The molecule has 5 heteroatoms. The number of aromatic carboxylic acids is 1. The second-order valence-electron chi connectivity index (χ2n) is 5.09. The highest BCUT2D eigenvalue weighted by atomic mass is 16.4. The minimum absolute atomic E-state index is 0.220. The van der Waals surface area contributed by atoms with Crippen LogP contribution in [0.15, 0.2) is 78.0 Å². The summed E-state index contributed by atoms with van der Waals surface area (Å²) in [6.45, 7) is 0. The summed E-state index contributed by atoms with van der Waals surface area (Å²) in [5, 5.41) is 13.2. The SMILES string of the molecule is O=C(O)c1ccnc(-c2ccc(C=NNc3ccccc3)cc2)c1. The highest BCUT2D eigenvalue weighted by molar-refractivity contribution is 5.89. The Morgan fingerprint density at radius 1 is 1.04 bits per heavy atom. The number of hydrogen-bond donors (Lipinski definition) is 2. The van der Waals surface area contributed by atoms with Crippen molar-refractivity contribution in [3.8, 4) is 11.3 Å². The van der Waals surface area contributed by atoms with Gasteiger partial charge in [-0.2, -0.15) is 5.10 Å². The van der Waals surface area contributed by atoms with Crippen LogP contribution in [0.1, 0.15) is 15.9 Å². The van der Waals surface area contributed by atoms with Gasteiger partial charge >= 0.3 is 5.97 Å². The molecule has 0 aliphatic carbocycles. The highest BCUT2D eigenvalue weighted by Crippen LogP contribution is 2.18. The summed E-state index contributed by atoms with van der Waals surface area (Å²) >= 11 is 0. The summed E-state index contributed by atoms with van der Waals surface area (Å²) in [4.78, 5) is 15.2. The molecule has 2 N–H and O–H groups in total. The first-order valence-electron chi connectivity index (χ1n) is 7.36. The molecule has 0 fully saturated rings. The van der Waals surface area contributed by atoms with Crippen LogP contribution in [0.3, 0.4) is 0 Å². The van der Waals surface area contributed by atoms with Gasteiger partial charge in [0, 0.05) is 11.8 Å². The minimum Gasteiger partial charge on any atom is -0.478 e. The first-order valence-corrected chi connectivity index (χ1v) is 7.36. The van der Waals surface area contributed by atoms with Crippen LogP contribution in [0.4, 0.5) is 5.69 Å². The van der Waals surface area contributed by atoms with E-state index in [0.29, 0.717) is 5.69 Å². The van der Waals surface area contributed by atoms with Crippen molar-refractivity contribution in [1.82, 2.24) is 4.98 Å². The molecule has 3 aromatic rings. The van der Waals surface area contributed by atoms with E-state index in [1.165, 1.54) is 12.3 Å². The van der Waals surface area contributed by atoms with E-state index in [2.05, 4.69) is 15.5 Å². The Bertz CT molecular complexity index is 859. The number of pyridine rings is 1. The molecule has 0 saturated carbocycles. The second kappa shape index (κ2) is 7.19. The van der Waals surface area contributed by atoms with E-state index < -0.39 is 5.97 Å². The molecule has 1 aromatic heterocycles. The Morgan fingerprint density at radius 2 is 1.79 bits per heavy atom. The van der Waals surface area contributed by atoms with Gasteiger partial charge in [-0.05, 0) is 29.8 Å². The summed E-state index contributed by atoms with van der Waals surface area (Å²) in [6.07, 6.45) is 3.22. The van der Waals surface area contributed by atoms with Gasteiger partial charge in [0.15, 0.2) is 0 Å². The van der Waals surface area contributed by atoms with Gasteiger partial charge in [-0.1, -0.05) is 42.5 Å². The van der Waals surface area contributed by atoms with Crippen molar-refractivity contribution in [2.45, 2.75) is 0 Å². The molecule has 0 amide bonds. The number of carboxylic acid groups (broad SMARTS) is 1. The Labute approximate surface area is 139 Å². The molecule has 0 unspecified atom stereocenters. The van der Waals surface area contributed by atoms with Crippen LogP contribution in [0.25, 0.3) is 11.3 Å². The van der Waals surface area contributed by atoms with Crippen LogP contribution in [-0.2, 0) is 0 Å². The number of nitrogens with zero attached hydrogens (tertiary/aromatic N) is 2. The maximum Gasteiger partial charge on any atom is 0.335 e. The number of hydrogen-bond acceptors (Lipinski definition) is 4. The molecule has 5 nitrogen and oxygen atoms in total. The van der Waals surface area contributed by atoms with Gasteiger partial charge in [0.1, 0.15) is 0 Å². The summed E-state index contributed by atoms with van der Waals surface area (Å²) in [6, 6.07) is 20.3. The molecule has 118 valence electrons. The van der Waals surface area contributed by atoms with E-state index in [-0.39, 0.29) is 5.56 Å². The number of para-hydroxylation sites is 1. The summed E-state index contributed by atoms with van der Waals surface area (Å²) in [5.41, 5.74) is 6.49. The lowest BCUT2D eigenvalue weighted by Crippen LogP contribution is -1.97. The smallest absolute Gasteiger partial charge is 0.335 e. The third-order valence-electron chi connectivity index (χ3n) is 3.39. The fraction of sp³-hybridized carbons (Fsp3) is 0. The van der Waals surface area contributed by atoms with E-state index in [4.69, 9.17) is 5.11 Å². The van der Waals surface area contributed by atoms with Crippen molar-refractivity contribution in [1.29, 1.82) is 0 Å². The molecule has 0 atom stereocenters. The molecular formula is C19H15N3O2. The lowest BCUT2D eigenvalue weighted by atomic mass is 10.1. The second-order valence-corrected chi connectivity index (χ2v) is 5.09. The topological polar surface area (TPSA) is 74.6 Å². The molecule has 0 saturated heterocycles. The quantitative estimate of drug-likeness (QED) is 0.553. The zero-order valence-corrected chi connectivity index (χ0v) is 12.8. The highest BCUT2D eigenvalue weighted by Gasteiger charge is 2.05. The van der Waals surface area contributed by atoms with Crippen molar-refractivity contribution < 1.29 is 9.90 Å². The number of nitrogens with one attached hydrogen (secondary N) is 1. The minimum atomic E-state index is -0.964. The van der Waals surface area contributed by atoms with Crippen LogP contribution < -0.4 is 5.43 Å². The van der Waals surface area contributed by atoms with Crippen molar-refractivity contribution in [2.75, 3.05) is 5.43 Å². The third kappa shape index (κ3) is 3.84. The first-order chi connectivity index (χ1) is 11.7. The number of benzene rings is 2. The van der Waals surface area contributed by atoms with Gasteiger partial charge < -0.3 is 5.11 Å². The van der Waals surface area contributed by atoms with Crippen LogP contribution in [-0.4, -0.2) is 22.3 Å². The number of carbonyl (C=O) groups is 1. The summed E-state index contributed by atoms with van der Waals surface area (Å²) in [7, 11) is 0. The van der Waals surface area contributed by atoms with Crippen LogP contribution >= 0.6 is 0 Å². The molecule has 2 aromatic carbocycles. The number of aromatic nitrogens is 1. The van der Waals surface area contributed by atoms with Gasteiger partial charge in [-0.3, -0.25) is 10.4 Å². The van der Waals surface area contributed by atoms with Crippen LogP contribution in [0.2, 0.25) is 0 Å². The number of anilines is 1. The van der Waals surface area contributed by atoms with Gasteiger partial charge in [0.2, 0.25) is 0 Å². The van der Waals surface area contributed by atoms with E-state index >= 15 is 0 Å². The van der Waals surface area contributed by atoms with Crippen molar-refractivity contribution in [3.63, 3.8) is 0 Å². The van der Waals surface area contributed by atoms with Crippen LogP contribution in [0.5, 0.6) is 0 Å². The van der Waals surface area contributed by atoms with Gasteiger partial charge in [-0.25, -0.2) is 4.79 Å². The maximum atomic E-state index is 11.0. The zero-order chi connectivity index (χ0) is 16.8. The lowest BCUT2D eigenvalue weighted by Gasteiger charge is -2.03. The Hall–Kier alpha value is -3.47. The predicted molar refractivity (Wildman–Crippen MR) is 94.3 cm³/mol. The van der Waals surface area contributed by atoms with Crippen molar-refractivity contribution in [3.05, 3.63) is 84.1 Å². The maximum absolute atomic E-state index is 11.0. The zero-order valence-electron chi connectivity index (χ0n) is 12.8. The summed E-state index contributed by atoms with van der Waals surface area (Å²) in [5.74, 6) is -0.964. The van der Waals surface area contributed by atoms with E-state index in [1.807, 2.05) is 54.6 Å². The molecule has 3 rings (SSSR count). The Kier molecular flexibility index (Phi) is 4.62. The lowest BCUT2D eigenvalue weighted by molar-refractivity contribution is 0.0697. The van der Waals surface area contributed by atoms with Gasteiger partial charge in [-0.15, -0.1) is 0 Å². The molecule has 24 heavy (non-hydrogen) atoms. The van der Waals surface area contributed by atoms with Crippen molar-refractivity contribution in [2.24, 2.45) is 5.10 Å². The molecular weight excluding hydrogens is 302 g/mol. The van der Waals surface area contributed by atoms with Crippen LogP contribution in [0, 0.1) is 0 Å². The average Bonchev–Trinajstić information content (AvgIpc) is 2.63. The number of rotatable bonds is 5. The monoisotopic (exact) mass is 317 g/mol. The average molecular weight is 317 g/mol. The van der Waals surface area contributed by atoms with Crippen molar-refractivity contribution >= 4 is 17.9 Å². The standard InChI is InChI=1S/C19H15N3O2/c23-19(24)16-10-11-20-18(12-16)15-8-6-14(7-9-15)13-21-22-17-4-2-1-3-5-17/h1-13,22H,(H,23,24). The molecule has 0 spiro atoms. The molecule has 0 radical (unpaired) electrons. The Morgan fingerprint density at radius 3 is 2.50 bits per heavy atom. The largest absolute Gasteiger partial charge is 0.478 e. The third-order valence-corrected chi connectivity index (χ3v) is 3.39. The van der Waals surface area contributed by atoms with Gasteiger partial charge in [0.25, 0.3) is 0 Å². The summed E-state index contributed by atoms with van der Waals surface area (Å²) < 4.78 is 0. The number of carboxylic acids is 1. The Balaban J connectivity index is 1.71. The van der Waals surface area contributed by atoms with E-state index in [1.54, 1.807) is 12.3 Å². The van der Waals surface area contributed by atoms with Gasteiger partial charge in [0.05, 0.1) is 23.2 Å².